The Bertz CT molecular complexity index is 755. The summed E-state index contributed by atoms with van der Waals surface area (Å²) >= 11 is 9.45. The summed E-state index contributed by atoms with van der Waals surface area (Å²) in [5.74, 6) is 1.26. The fourth-order valence-electron chi connectivity index (χ4n) is 2.52. The molecule has 2 N–H and O–H groups in total. The maximum Gasteiger partial charge on any atom is 0.279 e. The third kappa shape index (κ3) is 5.63. The van der Waals surface area contributed by atoms with Crippen LogP contribution in [0.4, 0.5) is 5.69 Å². The highest BCUT2D eigenvalue weighted by Gasteiger charge is 2.15. The molecule has 1 atom stereocenters. The number of hydrogen-bond acceptors (Lipinski definition) is 3. The number of likely N-dealkylation sites (N-methyl/N-ethyl adjacent to an activating group) is 1. The van der Waals surface area contributed by atoms with Crippen molar-refractivity contribution in [2.75, 3.05) is 33.1 Å². The lowest BCUT2D eigenvalue weighted by Gasteiger charge is -2.17. The first kappa shape index (κ1) is 19.6. The van der Waals surface area contributed by atoms with Crippen LogP contribution >= 0.6 is 27.5 Å². The van der Waals surface area contributed by atoms with E-state index in [-0.39, 0.29) is 5.91 Å². The van der Waals surface area contributed by atoms with E-state index in [1.807, 2.05) is 25.2 Å². The van der Waals surface area contributed by atoms with E-state index >= 15 is 0 Å². The summed E-state index contributed by atoms with van der Waals surface area (Å²) in [4.78, 5) is 13.4. The van der Waals surface area contributed by atoms with Crippen molar-refractivity contribution in [1.82, 2.24) is 0 Å². The molecule has 2 aromatic rings. The van der Waals surface area contributed by atoms with Gasteiger partial charge in [-0.2, -0.15) is 0 Å². The van der Waals surface area contributed by atoms with Crippen molar-refractivity contribution in [3.63, 3.8) is 0 Å². The van der Waals surface area contributed by atoms with E-state index in [1.54, 1.807) is 32.4 Å². The van der Waals surface area contributed by atoms with Crippen molar-refractivity contribution in [1.29, 1.82) is 0 Å². The SMILES string of the molecule is COc1ccc(Br)cc1C[NH+](C)CC(=O)Nc1cc(Cl)ccc1OC. The molecule has 134 valence electrons. The average Bonchev–Trinajstić information content (AvgIpc) is 2.55. The van der Waals surface area contributed by atoms with E-state index in [9.17, 15) is 4.79 Å². The number of rotatable bonds is 7. The fraction of sp³-hybridized carbons (Fsp3) is 0.278. The maximum atomic E-state index is 12.3. The number of methoxy groups -OCH3 is 2. The number of carbonyl (C=O) groups excluding carboxylic acids is 1. The molecule has 0 aliphatic rings. The van der Waals surface area contributed by atoms with Gasteiger partial charge in [0.15, 0.2) is 6.54 Å². The Morgan fingerprint density at radius 1 is 1.16 bits per heavy atom. The van der Waals surface area contributed by atoms with Gasteiger partial charge in [0.05, 0.1) is 27.0 Å². The van der Waals surface area contributed by atoms with Gasteiger partial charge in [0.1, 0.15) is 18.0 Å². The summed E-state index contributed by atoms with van der Waals surface area (Å²) in [6, 6.07) is 10.9. The van der Waals surface area contributed by atoms with Gasteiger partial charge in [-0.15, -0.1) is 0 Å². The largest absolute Gasteiger partial charge is 0.496 e. The molecular formula is C18H21BrClN2O3+. The standard InChI is InChI=1S/C18H20BrClN2O3/c1-22(10-12-8-13(19)4-6-16(12)24-2)11-18(23)21-15-9-14(20)5-7-17(15)25-3/h4-9H,10-11H2,1-3H3,(H,21,23)/p+1. The normalized spacial score (nSPS) is 11.7. The van der Waals surface area contributed by atoms with Crippen LogP contribution in [-0.4, -0.2) is 33.7 Å². The molecule has 0 spiro atoms. The highest BCUT2D eigenvalue weighted by Crippen LogP contribution is 2.27. The number of halogens is 2. The molecule has 0 bridgehead atoms. The fourth-order valence-corrected chi connectivity index (χ4v) is 3.10. The Labute approximate surface area is 161 Å². The zero-order valence-electron chi connectivity index (χ0n) is 14.4. The van der Waals surface area contributed by atoms with Crippen molar-refractivity contribution in [2.45, 2.75) is 6.54 Å². The summed E-state index contributed by atoms with van der Waals surface area (Å²) < 4.78 is 11.6. The Kier molecular flexibility index (Phi) is 7.11. The third-order valence-electron chi connectivity index (χ3n) is 3.63. The lowest BCUT2D eigenvalue weighted by Crippen LogP contribution is -3.08. The molecule has 0 aromatic heterocycles. The van der Waals surface area contributed by atoms with Crippen LogP contribution < -0.4 is 19.7 Å². The summed E-state index contributed by atoms with van der Waals surface area (Å²) in [5, 5.41) is 3.39. The minimum Gasteiger partial charge on any atom is -0.496 e. The number of quaternary nitrogens is 1. The topological polar surface area (TPSA) is 52.0 Å². The summed E-state index contributed by atoms with van der Waals surface area (Å²) in [6.45, 7) is 0.952. The predicted octanol–water partition coefficient (Wildman–Crippen LogP) is 2.77. The zero-order valence-corrected chi connectivity index (χ0v) is 16.7. The molecule has 0 fully saturated rings. The van der Waals surface area contributed by atoms with Crippen LogP contribution in [0.1, 0.15) is 5.56 Å². The predicted molar refractivity (Wildman–Crippen MR) is 103 cm³/mol. The van der Waals surface area contributed by atoms with E-state index in [0.717, 1.165) is 20.7 Å². The number of amides is 1. The molecule has 1 amide bonds. The Morgan fingerprint density at radius 3 is 2.52 bits per heavy atom. The quantitative estimate of drug-likeness (QED) is 0.713. The molecule has 0 saturated heterocycles. The summed E-state index contributed by atoms with van der Waals surface area (Å²) in [7, 11) is 5.14. The zero-order chi connectivity index (χ0) is 18.4. The number of ether oxygens (including phenoxy) is 2. The van der Waals surface area contributed by atoms with Gasteiger partial charge in [-0.25, -0.2) is 0 Å². The number of nitrogens with one attached hydrogen (secondary N) is 2. The summed E-state index contributed by atoms with van der Waals surface area (Å²) in [5.41, 5.74) is 1.59. The minimum absolute atomic E-state index is 0.118. The molecule has 25 heavy (non-hydrogen) atoms. The van der Waals surface area contributed by atoms with Crippen LogP contribution in [0.3, 0.4) is 0 Å². The van der Waals surface area contributed by atoms with Gasteiger partial charge in [-0.3, -0.25) is 4.79 Å². The van der Waals surface area contributed by atoms with Gasteiger partial charge in [0, 0.05) is 15.1 Å². The molecule has 1 unspecified atom stereocenters. The van der Waals surface area contributed by atoms with Crippen molar-refractivity contribution in [3.8, 4) is 11.5 Å². The highest BCUT2D eigenvalue weighted by molar-refractivity contribution is 9.10. The first-order valence-corrected chi connectivity index (χ1v) is 8.87. The molecule has 0 radical (unpaired) electrons. The smallest absolute Gasteiger partial charge is 0.279 e. The second kappa shape index (κ2) is 9.08. The van der Waals surface area contributed by atoms with E-state index in [4.69, 9.17) is 21.1 Å². The Balaban J connectivity index is 2.01. The van der Waals surface area contributed by atoms with Crippen molar-refractivity contribution in [3.05, 3.63) is 51.5 Å². The molecule has 0 heterocycles. The van der Waals surface area contributed by atoms with Crippen molar-refractivity contribution in [2.24, 2.45) is 0 Å². The summed E-state index contributed by atoms with van der Waals surface area (Å²) in [6.07, 6.45) is 0. The van der Waals surface area contributed by atoms with Crippen LogP contribution in [-0.2, 0) is 11.3 Å². The lowest BCUT2D eigenvalue weighted by atomic mass is 10.2. The van der Waals surface area contributed by atoms with Crippen LogP contribution in [0.25, 0.3) is 0 Å². The monoisotopic (exact) mass is 427 g/mol. The van der Waals surface area contributed by atoms with Crippen LogP contribution in [0.5, 0.6) is 11.5 Å². The molecular weight excluding hydrogens is 408 g/mol. The van der Waals surface area contributed by atoms with Gasteiger partial charge in [0.2, 0.25) is 0 Å². The van der Waals surface area contributed by atoms with E-state index in [1.165, 1.54) is 0 Å². The van der Waals surface area contributed by atoms with Gasteiger partial charge >= 0.3 is 0 Å². The number of carbonyl (C=O) groups is 1. The van der Waals surface area contributed by atoms with Crippen LogP contribution in [0.15, 0.2) is 40.9 Å². The lowest BCUT2D eigenvalue weighted by molar-refractivity contribution is -0.885. The first-order valence-electron chi connectivity index (χ1n) is 7.70. The second-order valence-corrected chi connectivity index (χ2v) is 7.01. The van der Waals surface area contributed by atoms with Crippen LogP contribution in [0.2, 0.25) is 5.02 Å². The molecule has 5 nitrogen and oxygen atoms in total. The molecule has 0 saturated carbocycles. The minimum atomic E-state index is -0.118. The average molecular weight is 429 g/mol. The maximum absolute atomic E-state index is 12.3. The molecule has 2 rings (SSSR count). The number of benzene rings is 2. The Hall–Kier alpha value is -1.76. The number of hydrogen-bond donors (Lipinski definition) is 2. The van der Waals surface area contributed by atoms with E-state index < -0.39 is 0 Å². The van der Waals surface area contributed by atoms with Crippen molar-refractivity contribution < 1.29 is 19.2 Å². The molecule has 2 aromatic carbocycles. The highest BCUT2D eigenvalue weighted by atomic mass is 79.9. The Morgan fingerprint density at radius 2 is 1.84 bits per heavy atom. The molecule has 0 aliphatic heterocycles. The van der Waals surface area contributed by atoms with Gasteiger partial charge in [0.25, 0.3) is 5.91 Å². The van der Waals surface area contributed by atoms with Crippen LogP contribution in [0, 0.1) is 0 Å². The van der Waals surface area contributed by atoms with E-state index in [2.05, 4.69) is 21.2 Å². The third-order valence-corrected chi connectivity index (χ3v) is 4.36. The molecule has 0 aliphatic carbocycles. The van der Waals surface area contributed by atoms with Gasteiger partial charge < -0.3 is 19.7 Å². The van der Waals surface area contributed by atoms with Gasteiger partial charge in [-0.05, 0) is 36.4 Å². The van der Waals surface area contributed by atoms with E-state index in [0.29, 0.717) is 29.5 Å². The van der Waals surface area contributed by atoms with Gasteiger partial charge in [-0.1, -0.05) is 27.5 Å². The first-order chi connectivity index (χ1) is 11.9. The molecule has 7 heteroatoms. The second-order valence-electron chi connectivity index (χ2n) is 5.66. The number of anilines is 1. The van der Waals surface area contributed by atoms with Crippen molar-refractivity contribution >= 4 is 39.1 Å².